The van der Waals surface area contributed by atoms with E-state index in [-0.39, 0.29) is 59.3 Å². The quantitative estimate of drug-likeness (QED) is 0.0367. The summed E-state index contributed by atoms with van der Waals surface area (Å²) in [5.41, 5.74) is 0.815. The number of benzene rings is 4. The molecule has 4 aliphatic heterocycles. The van der Waals surface area contributed by atoms with Crippen LogP contribution in [0.3, 0.4) is 0 Å². The fourth-order valence-electron chi connectivity index (χ4n) is 11.1. The average Bonchev–Trinajstić information content (AvgIpc) is 3.91. The molecule has 4 heterocycles. The molecule has 2 spiro atoms. The molecule has 1 aliphatic carbocycles. The van der Waals surface area contributed by atoms with Gasteiger partial charge < -0.3 is 30.2 Å². The maximum atomic E-state index is 16.2. The van der Waals surface area contributed by atoms with Crippen LogP contribution in [0.2, 0.25) is 10.0 Å². The van der Waals surface area contributed by atoms with Gasteiger partial charge in [-0.25, -0.2) is 4.39 Å². The highest BCUT2D eigenvalue weighted by Gasteiger charge is 2.72. The van der Waals surface area contributed by atoms with E-state index in [9.17, 15) is 33.6 Å². The number of amides is 6. The number of halogens is 3. The van der Waals surface area contributed by atoms with Crippen molar-refractivity contribution >= 4 is 81.5 Å². The van der Waals surface area contributed by atoms with Gasteiger partial charge in [0.25, 0.3) is 11.8 Å². The summed E-state index contributed by atoms with van der Waals surface area (Å²) >= 11 is 12.8. The monoisotopic (exact) mass is 1010 g/mol. The number of ether oxygens (including phenoxy) is 3. The SMILES string of the molecule is O=C1CCC(N2C(=O)c3cccc(NCCOCCOCCOCCCC(=O)c4ccc(NC(=O)[C@@H]5NC6(CCCCC6)[C@@]6(C(=O)Nc7cc(Cl)ccc76)[C@H]5c5cccc(Cl)c5F)cc4)c3C2=O)C(=O)N1. The molecule has 4 aromatic rings. The standard InChI is InChI=1S/C52H53Cl2FN6O10/c53-31-14-17-35-38(29-31)58-50(68)52(35)43(34-8-4-9-36(54)44(34)55)45(60-51(52)20-2-1-3-21-51)47(65)57-32-15-12-30(13-16-32)40(62)11-6-23-69-25-27-71-28-26-70-24-22-56-37-10-5-7-33-42(37)49(67)61(48(33)66)39-18-19-41(63)59-46(39)64/h4-5,7-10,12-17,29,39,43,45,56,60H,1-3,6,11,18-28H2,(H,57,65)(H,58,68)(H,59,63,64)/t39?,43-,45+,52+/m0/s1. The summed E-state index contributed by atoms with van der Waals surface area (Å²) in [7, 11) is 0. The lowest BCUT2D eigenvalue weighted by Crippen LogP contribution is -2.60. The predicted molar refractivity (Wildman–Crippen MR) is 261 cm³/mol. The minimum absolute atomic E-state index is 0.0401. The van der Waals surface area contributed by atoms with Crippen LogP contribution in [0.5, 0.6) is 0 Å². The summed E-state index contributed by atoms with van der Waals surface area (Å²) in [5, 5.41) is 15.3. The average molecular weight is 1010 g/mol. The molecular formula is C52H53Cl2FN6O10. The van der Waals surface area contributed by atoms with E-state index in [0.29, 0.717) is 92.1 Å². The second-order valence-corrected chi connectivity index (χ2v) is 19.2. The van der Waals surface area contributed by atoms with E-state index in [1.54, 1.807) is 60.7 Å². The van der Waals surface area contributed by atoms with E-state index < -0.39 is 64.3 Å². The summed E-state index contributed by atoms with van der Waals surface area (Å²) in [6, 6.07) is 19.2. The van der Waals surface area contributed by atoms with Crippen LogP contribution >= 0.6 is 23.2 Å². The van der Waals surface area contributed by atoms with E-state index >= 15 is 4.39 Å². The largest absolute Gasteiger partial charge is 0.382 e. The van der Waals surface area contributed by atoms with Crippen LogP contribution in [0.4, 0.5) is 21.5 Å². The fraction of sp³-hybridized carbons (Fsp3) is 0.404. The molecule has 4 atom stereocenters. The second-order valence-electron chi connectivity index (χ2n) is 18.4. The molecule has 9 rings (SSSR count). The van der Waals surface area contributed by atoms with Crippen molar-refractivity contribution in [1.29, 1.82) is 0 Å². The van der Waals surface area contributed by atoms with Gasteiger partial charge in [-0.2, -0.15) is 0 Å². The Bertz CT molecular complexity index is 2770. The van der Waals surface area contributed by atoms with Crippen molar-refractivity contribution < 1.29 is 52.2 Å². The van der Waals surface area contributed by atoms with Crippen LogP contribution < -0.4 is 26.6 Å². The van der Waals surface area contributed by atoms with Gasteiger partial charge in [-0.3, -0.25) is 49.1 Å². The third kappa shape index (κ3) is 9.58. The molecule has 1 unspecified atom stereocenters. The predicted octanol–water partition coefficient (Wildman–Crippen LogP) is 6.95. The number of nitrogens with zero attached hydrogens (tertiary/aromatic N) is 1. The van der Waals surface area contributed by atoms with E-state index in [2.05, 4.69) is 26.6 Å². The minimum Gasteiger partial charge on any atom is -0.382 e. The number of fused-ring (bicyclic) bond motifs is 4. The molecule has 19 heteroatoms. The van der Waals surface area contributed by atoms with Crippen LogP contribution in [-0.2, 0) is 38.8 Å². The van der Waals surface area contributed by atoms with Gasteiger partial charge in [0.1, 0.15) is 17.3 Å². The number of carbonyl (C=O) groups is 7. The Kier molecular flexibility index (Phi) is 15.0. The van der Waals surface area contributed by atoms with Crippen molar-refractivity contribution in [1.82, 2.24) is 15.5 Å². The van der Waals surface area contributed by atoms with Crippen LogP contribution in [0.1, 0.15) is 106 Å². The number of hydrogen-bond acceptors (Lipinski definition) is 12. The zero-order valence-corrected chi connectivity index (χ0v) is 40.2. The molecule has 71 heavy (non-hydrogen) atoms. The highest BCUT2D eigenvalue weighted by molar-refractivity contribution is 6.31. The van der Waals surface area contributed by atoms with Crippen molar-refractivity contribution in [3.05, 3.63) is 123 Å². The van der Waals surface area contributed by atoms with Crippen molar-refractivity contribution in [3.63, 3.8) is 0 Å². The van der Waals surface area contributed by atoms with E-state index in [1.165, 1.54) is 12.1 Å². The first-order valence-electron chi connectivity index (χ1n) is 23.9. The highest BCUT2D eigenvalue weighted by Crippen LogP contribution is 2.63. The molecule has 4 aromatic carbocycles. The molecule has 6 amide bonds. The first kappa shape index (κ1) is 49.9. The number of nitrogens with one attached hydrogen (secondary N) is 5. The molecule has 5 aliphatic rings. The number of ketones is 1. The molecule has 1 saturated carbocycles. The van der Waals surface area contributed by atoms with Crippen LogP contribution in [-0.4, -0.2) is 110 Å². The number of hydrogen-bond donors (Lipinski definition) is 5. The van der Waals surface area contributed by atoms with Crippen molar-refractivity contribution in [2.45, 2.75) is 86.7 Å². The fourth-order valence-corrected chi connectivity index (χ4v) is 11.5. The number of piperidine rings is 1. The number of rotatable bonds is 19. The zero-order valence-electron chi connectivity index (χ0n) is 38.7. The minimum atomic E-state index is -1.36. The number of Topliss-reactive ketones (excluding diaryl/α,β-unsaturated/α-hetero) is 1. The number of imide groups is 2. The summed E-state index contributed by atoms with van der Waals surface area (Å²) in [5.74, 6) is -4.82. The summed E-state index contributed by atoms with van der Waals surface area (Å²) < 4.78 is 33.1. The van der Waals surface area contributed by atoms with Gasteiger partial charge in [0, 0.05) is 65.1 Å². The molecular weight excluding hydrogens is 959 g/mol. The maximum Gasteiger partial charge on any atom is 0.264 e. The summed E-state index contributed by atoms with van der Waals surface area (Å²) in [4.78, 5) is 93.5. The van der Waals surface area contributed by atoms with Gasteiger partial charge in [0.15, 0.2) is 5.78 Å². The molecule has 16 nitrogen and oxygen atoms in total. The normalized spacial score (nSPS) is 22.2. The third-order valence-corrected chi connectivity index (χ3v) is 14.8. The van der Waals surface area contributed by atoms with Gasteiger partial charge in [-0.15, -0.1) is 0 Å². The van der Waals surface area contributed by atoms with Crippen LogP contribution in [0, 0.1) is 5.82 Å². The topological polar surface area (TPSA) is 211 Å². The van der Waals surface area contributed by atoms with E-state index in [1.807, 2.05) is 6.07 Å². The molecule has 0 bridgehead atoms. The lowest BCUT2D eigenvalue weighted by molar-refractivity contribution is -0.136. The molecule has 0 radical (unpaired) electrons. The Morgan fingerprint density at radius 2 is 1.52 bits per heavy atom. The molecule has 372 valence electrons. The van der Waals surface area contributed by atoms with Crippen molar-refractivity contribution in [2.75, 3.05) is 62.1 Å². The summed E-state index contributed by atoms with van der Waals surface area (Å²) in [6.45, 7) is 2.22. The molecule has 3 fully saturated rings. The first-order chi connectivity index (χ1) is 34.3. The van der Waals surface area contributed by atoms with E-state index in [0.717, 1.165) is 24.2 Å². The van der Waals surface area contributed by atoms with Gasteiger partial charge in [-0.05, 0) is 91.4 Å². The van der Waals surface area contributed by atoms with Crippen LogP contribution in [0.25, 0.3) is 0 Å². The Morgan fingerprint density at radius 3 is 2.27 bits per heavy atom. The first-order valence-corrected chi connectivity index (χ1v) is 24.7. The smallest absolute Gasteiger partial charge is 0.264 e. The molecule has 2 saturated heterocycles. The zero-order chi connectivity index (χ0) is 49.9. The van der Waals surface area contributed by atoms with E-state index in [4.69, 9.17) is 37.4 Å². The molecule has 0 aromatic heterocycles. The third-order valence-electron chi connectivity index (χ3n) is 14.2. The van der Waals surface area contributed by atoms with Crippen molar-refractivity contribution in [3.8, 4) is 0 Å². The summed E-state index contributed by atoms with van der Waals surface area (Å²) in [6.07, 6.45) is 4.60. The second kappa shape index (κ2) is 21.3. The Labute approximate surface area is 419 Å². The lowest BCUT2D eigenvalue weighted by atomic mass is 9.55. The Hall–Kier alpha value is -6.08. The highest BCUT2D eigenvalue weighted by atomic mass is 35.5. The van der Waals surface area contributed by atoms with Gasteiger partial charge in [0.2, 0.25) is 23.6 Å². The Morgan fingerprint density at radius 1 is 0.803 bits per heavy atom. The number of anilines is 3. The molecule has 5 N–H and O–H groups in total. The van der Waals surface area contributed by atoms with Gasteiger partial charge >= 0.3 is 0 Å². The van der Waals surface area contributed by atoms with Gasteiger partial charge in [0.05, 0.1) is 55.2 Å². The maximum absolute atomic E-state index is 16.2. The lowest BCUT2D eigenvalue weighted by Gasteiger charge is -2.47. The Balaban J connectivity index is 0.705. The van der Waals surface area contributed by atoms with Crippen LogP contribution in [0.15, 0.2) is 78.9 Å². The van der Waals surface area contributed by atoms with Crippen molar-refractivity contribution in [2.24, 2.45) is 0 Å². The number of carbonyl (C=O) groups excluding carboxylic acids is 7. The van der Waals surface area contributed by atoms with Gasteiger partial charge in [-0.1, -0.05) is 66.7 Å².